The number of aromatic nitrogens is 1. The van der Waals surface area contributed by atoms with Crippen molar-refractivity contribution in [3.63, 3.8) is 0 Å². The maximum absolute atomic E-state index is 12.6. The fraction of sp³-hybridized carbons (Fsp3) is 0.375. The summed E-state index contributed by atoms with van der Waals surface area (Å²) in [4.78, 5) is 12.6. The SMILES string of the molecule is Cc1noc(C)c1NC(=O)C1CCCc2ccccc21. The standard InChI is InChI=1S/C16H18N2O2/c1-10-15(11(2)20-18-10)17-16(19)14-9-5-7-12-6-3-4-8-13(12)14/h3-4,6,8,14H,5,7,9H2,1-2H3,(H,17,19). The van der Waals surface area contributed by atoms with Crippen molar-refractivity contribution in [1.29, 1.82) is 0 Å². The van der Waals surface area contributed by atoms with Gasteiger partial charge in [0.05, 0.1) is 5.92 Å². The topological polar surface area (TPSA) is 55.1 Å². The van der Waals surface area contributed by atoms with E-state index in [0.29, 0.717) is 11.4 Å². The van der Waals surface area contributed by atoms with Crippen LogP contribution in [0.1, 0.15) is 41.3 Å². The van der Waals surface area contributed by atoms with Crippen LogP contribution in [-0.4, -0.2) is 11.1 Å². The molecule has 1 aliphatic carbocycles. The zero-order valence-electron chi connectivity index (χ0n) is 11.8. The van der Waals surface area contributed by atoms with Crippen molar-refractivity contribution in [3.05, 3.63) is 46.8 Å². The Kier molecular flexibility index (Phi) is 3.30. The van der Waals surface area contributed by atoms with Crippen LogP contribution in [0.4, 0.5) is 5.69 Å². The van der Waals surface area contributed by atoms with E-state index in [0.717, 1.165) is 30.5 Å². The molecular formula is C16H18N2O2. The number of rotatable bonds is 2. The Balaban J connectivity index is 1.86. The Morgan fingerprint density at radius 1 is 1.35 bits per heavy atom. The van der Waals surface area contributed by atoms with Crippen LogP contribution >= 0.6 is 0 Å². The highest BCUT2D eigenvalue weighted by molar-refractivity contribution is 5.97. The second-order valence-electron chi connectivity index (χ2n) is 5.33. The van der Waals surface area contributed by atoms with Crippen molar-refractivity contribution in [1.82, 2.24) is 5.16 Å². The molecule has 1 aromatic carbocycles. The van der Waals surface area contributed by atoms with Gasteiger partial charge in [0.15, 0.2) is 5.76 Å². The van der Waals surface area contributed by atoms with E-state index in [1.54, 1.807) is 0 Å². The molecule has 0 bridgehead atoms. The molecule has 1 atom stereocenters. The minimum absolute atomic E-state index is 0.0338. The van der Waals surface area contributed by atoms with Gasteiger partial charge in [0, 0.05) is 0 Å². The number of amides is 1. The van der Waals surface area contributed by atoms with Crippen LogP contribution in [-0.2, 0) is 11.2 Å². The van der Waals surface area contributed by atoms with Gasteiger partial charge in [0.2, 0.25) is 5.91 Å². The monoisotopic (exact) mass is 270 g/mol. The Labute approximate surface area is 118 Å². The number of carbonyl (C=O) groups excluding carboxylic acids is 1. The quantitative estimate of drug-likeness (QED) is 0.910. The molecule has 1 aromatic heterocycles. The first-order chi connectivity index (χ1) is 9.66. The molecule has 0 saturated carbocycles. The molecule has 4 nitrogen and oxygen atoms in total. The molecule has 1 amide bonds. The number of fused-ring (bicyclic) bond motifs is 1. The van der Waals surface area contributed by atoms with Crippen molar-refractivity contribution < 1.29 is 9.32 Å². The lowest BCUT2D eigenvalue weighted by Gasteiger charge is -2.24. The van der Waals surface area contributed by atoms with E-state index in [1.807, 2.05) is 26.0 Å². The van der Waals surface area contributed by atoms with Gasteiger partial charge < -0.3 is 9.84 Å². The van der Waals surface area contributed by atoms with Gasteiger partial charge in [-0.2, -0.15) is 0 Å². The van der Waals surface area contributed by atoms with E-state index >= 15 is 0 Å². The third-order valence-corrected chi connectivity index (χ3v) is 3.97. The van der Waals surface area contributed by atoms with Gasteiger partial charge in [-0.1, -0.05) is 29.4 Å². The van der Waals surface area contributed by atoms with Crippen molar-refractivity contribution in [2.75, 3.05) is 5.32 Å². The molecule has 0 aliphatic heterocycles. The molecule has 0 fully saturated rings. The number of hydrogen-bond acceptors (Lipinski definition) is 3. The molecule has 2 aromatic rings. The van der Waals surface area contributed by atoms with E-state index in [-0.39, 0.29) is 11.8 Å². The van der Waals surface area contributed by atoms with Crippen molar-refractivity contribution in [2.24, 2.45) is 0 Å². The maximum Gasteiger partial charge on any atom is 0.232 e. The van der Waals surface area contributed by atoms with Crippen molar-refractivity contribution in [2.45, 2.75) is 39.0 Å². The van der Waals surface area contributed by atoms with Gasteiger partial charge in [-0.15, -0.1) is 0 Å². The number of aryl methyl sites for hydroxylation is 3. The minimum Gasteiger partial charge on any atom is -0.359 e. The van der Waals surface area contributed by atoms with Crippen molar-refractivity contribution >= 4 is 11.6 Å². The zero-order valence-corrected chi connectivity index (χ0v) is 11.8. The summed E-state index contributed by atoms with van der Waals surface area (Å²) in [5.74, 6) is 0.611. The van der Waals surface area contributed by atoms with E-state index in [1.165, 1.54) is 5.56 Å². The van der Waals surface area contributed by atoms with Crippen LogP contribution < -0.4 is 5.32 Å². The molecule has 1 aliphatic rings. The Morgan fingerprint density at radius 2 is 2.15 bits per heavy atom. The number of carbonyl (C=O) groups is 1. The molecule has 3 rings (SSSR count). The van der Waals surface area contributed by atoms with Crippen LogP contribution in [0, 0.1) is 13.8 Å². The van der Waals surface area contributed by atoms with Gasteiger partial charge >= 0.3 is 0 Å². The lowest BCUT2D eigenvalue weighted by molar-refractivity contribution is -0.117. The Morgan fingerprint density at radius 3 is 2.90 bits per heavy atom. The lowest BCUT2D eigenvalue weighted by atomic mass is 9.82. The van der Waals surface area contributed by atoms with E-state index < -0.39 is 0 Å². The number of benzene rings is 1. The fourth-order valence-corrected chi connectivity index (χ4v) is 2.90. The number of hydrogen-bond donors (Lipinski definition) is 1. The van der Waals surface area contributed by atoms with Crippen LogP contribution in [0.15, 0.2) is 28.8 Å². The minimum atomic E-state index is -0.0753. The Bertz CT molecular complexity index is 626. The highest BCUT2D eigenvalue weighted by Crippen LogP contribution is 2.33. The van der Waals surface area contributed by atoms with Crippen LogP contribution in [0.2, 0.25) is 0 Å². The molecule has 0 spiro atoms. The summed E-state index contributed by atoms with van der Waals surface area (Å²) in [6.07, 6.45) is 3.01. The first kappa shape index (κ1) is 12.9. The summed E-state index contributed by atoms with van der Waals surface area (Å²) in [6.45, 7) is 3.64. The smallest absolute Gasteiger partial charge is 0.232 e. The number of nitrogens with zero attached hydrogens (tertiary/aromatic N) is 1. The first-order valence-corrected chi connectivity index (χ1v) is 6.98. The fourth-order valence-electron chi connectivity index (χ4n) is 2.90. The molecule has 0 saturated heterocycles. The van der Waals surface area contributed by atoms with E-state index in [4.69, 9.17) is 4.52 Å². The highest BCUT2D eigenvalue weighted by atomic mass is 16.5. The average Bonchev–Trinajstić information content (AvgIpc) is 2.78. The third-order valence-electron chi connectivity index (χ3n) is 3.97. The van der Waals surface area contributed by atoms with Crippen LogP contribution in [0.25, 0.3) is 0 Å². The van der Waals surface area contributed by atoms with Gasteiger partial charge in [-0.3, -0.25) is 4.79 Å². The molecule has 20 heavy (non-hydrogen) atoms. The molecular weight excluding hydrogens is 252 g/mol. The number of anilines is 1. The van der Waals surface area contributed by atoms with Gasteiger partial charge in [0.25, 0.3) is 0 Å². The number of nitrogens with one attached hydrogen (secondary N) is 1. The normalized spacial score (nSPS) is 17.6. The summed E-state index contributed by atoms with van der Waals surface area (Å²) in [5.41, 5.74) is 3.87. The van der Waals surface area contributed by atoms with Gasteiger partial charge in [-0.05, 0) is 44.2 Å². The maximum atomic E-state index is 12.6. The summed E-state index contributed by atoms with van der Waals surface area (Å²) in [5, 5.41) is 6.84. The predicted octanol–water partition coefficient (Wildman–Crippen LogP) is 3.35. The predicted molar refractivity (Wildman–Crippen MR) is 76.7 cm³/mol. The highest BCUT2D eigenvalue weighted by Gasteiger charge is 2.27. The average molecular weight is 270 g/mol. The molecule has 1 unspecified atom stereocenters. The summed E-state index contributed by atoms with van der Waals surface area (Å²) in [7, 11) is 0. The van der Waals surface area contributed by atoms with E-state index in [9.17, 15) is 4.79 Å². The second kappa shape index (κ2) is 5.12. The lowest BCUT2D eigenvalue weighted by Crippen LogP contribution is -2.25. The van der Waals surface area contributed by atoms with Crippen LogP contribution in [0.5, 0.6) is 0 Å². The summed E-state index contributed by atoms with van der Waals surface area (Å²) in [6, 6.07) is 8.21. The molecule has 1 heterocycles. The molecule has 1 N–H and O–H groups in total. The zero-order chi connectivity index (χ0) is 14.1. The summed E-state index contributed by atoms with van der Waals surface area (Å²) >= 11 is 0. The van der Waals surface area contributed by atoms with E-state index in [2.05, 4.69) is 22.6 Å². The summed E-state index contributed by atoms with van der Waals surface area (Å²) < 4.78 is 5.09. The Hall–Kier alpha value is -2.10. The molecule has 104 valence electrons. The third kappa shape index (κ3) is 2.22. The largest absolute Gasteiger partial charge is 0.359 e. The van der Waals surface area contributed by atoms with Gasteiger partial charge in [-0.25, -0.2) is 0 Å². The van der Waals surface area contributed by atoms with Crippen molar-refractivity contribution in [3.8, 4) is 0 Å². The first-order valence-electron chi connectivity index (χ1n) is 6.98. The van der Waals surface area contributed by atoms with Gasteiger partial charge in [0.1, 0.15) is 11.4 Å². The second-order valence-corrected chi connectivity index (χ2v) is 5.33. The van der Waals surface area contributed by atoms with Crippen LogP contribution in [0.3, 0.4) is 0 Å². The molecule has 4 heteroatoms. The molecule has 0 radical (unpaired) electrons.